The van der Waals surface area contributed by atoms with Crippen LogP contribution in [0.2, 0.25) is 0 Å². The molecule has 0 amide bonds. The van der Waals surface area contributed by atoms with Gasteiger partial charge in [-0.1, -0.05) is 18.2 Å². The number of ether oxygens (including phenoxy) is 2. The number of benzene rings is 2. The van der Waals surface area contributed by atoms with Crippen LogP contribution in [0.3, 0.4) is 0 Å². The zero-order valence-electron chi connectivity index (χ0n) is 10.8. The van der Waals surface area contributed by atoms with Crippen molar-refractivity contribution in [1.82, 2.24) is 0 Å². The van der Waals surface area contributed by atoms with Crippen molar-refractivity contribution in [3.63, 3.8) is 0 Å². The van der Waals surface area contributed by atoms with Crippen molar-refractivity contribution >= 4 is 21.8 Å². The van der Waals surface area contributed by atoms with E-state index in [1.54, 1.807) is 18.2 Å². The first kappa shape index (κ1) is 14.4. The summed E-state index contributed by atoms with van der Waals surface area (Å²) >= 11 is 3.39. The number of halogens is 1. The first-order valence-electron chi connectivity index (χ1n) is 6.11. The second-order valence-electron chi connectivity index (χ2n) is 4.07. The Morgan fingerprint density at radius 3 is 2.40 bits per heavy atom. The number of hydrogen-bond donors (Lipinski definition) is 2. The van der Waals surface area contributed by atoms with Crippen molar-refractivity contribution in [3.8, 4) is 11.5 Å². The van der Waals surface area contributed by atoms with Crippen LogP contribution in [0.4, 0.5) is 0 Å². The van der Waals surface area contributed by atoms with Crippen LogP contribution in [0.5, 0.6) is 11.5 Å². The molecule has 0 aliphatic carbocycles. The minimum atomic E-state index is 0.0321. The third-order valence-corrected chi connectivity index (χ3v) is 3.22. The topological polar surface area (TPSA) is 68.3 Å². The summed E-state index contributed by atoms with van der Waals surface area (Å²) < 4.78 is 11.9. The number of amidine groups is 1. The van der Waals surface area contributed by atoms with E-state index >= 15 is 0 Å². The molecule has 2 rings (SSSR count). The molecule has 0 heterocycles. The zero-order chi connectivity index (χ0) is 14.4. The van der Waals surface area contributed by atoms with Crippen LogP contribution in [0.15, 0.2) is 53.0 Å². The number of nitrogen functional groups attached to an aromatic ring is 1. The molecule has 0 bridgehead atoms. The largest absolute Gasteiger partial charge is 0.490 e. The van der Waals surface area contributed by atoms with Gasteiger partial charge in [0.2, 0.25) is 0 Å². The van der Waals surface area contributed by atoms with E-state index in [-0.39, 0.29) is 5.84 Å². The third-order valence-electron chi connectivity index (χ3n) is 2.60. The summed E-state index contributed by atoms with van der Waals surface area (Å²) in [5.74, 6) is 1.55. The van der Waals surface area contributed by atoms with Gasteiger partial charge in [0.05, 0.1) is 4.47 Å². The molecule has 5 heteroatoms. The molecule has 0 spiro atoms. The van der Waals surface area contributed by atoms with E-state index < -0.39 is 0 Å². The molecule has 0 unspecified atom stereocenters. The molecule has 2 aromatic carbocycles. The molecule has 104 valence electrons. The molecule has 0 radical (unpaired) electrons. The third kappa shape index (κ3) is 3.99. The van der Waals surface area contributed by atoms with E-state index in [2.05, 4.69) is 15.9 Å². The molecule has 0 aromatic heterocycles. The van der Waals surface area contributed by atoms with Gasteiger partial charge in [-0.05, 0) is 46.3 Å². The van der Waals surface area contributed by atoms with Gasteiger partial charge < -0.3 is 15.2 Å². The van der Waals surface area contributed by atoms with Crippen LogP contribution in [0, 0.1) is 5.41 Å². The average Bonchev–Trinajstić information content (AvgIpc) is 2.46. The predicted molar refractivity (Wildman–Crippen MR) is 82.6 cm³/mol. The second kappa shape index (κ2) is 6.96. The Kier molecular flexibility index (Phi) is 5.01. The van der Waals surface area contributed by atoms with Crippen molar-refractivity contribution in [2.24, 2.45) is 5.73 Å². The Hall–Kier alpha value is -2.01. The lowest BCUT2D eigenvalue weighted by molar-refractivity contribution is 0.216. The van der Waals surface area contributed by atoms with Gasteiger partial charge in [-0.2, -0.15) is 0 Å². The average molecular weight is 335 g/mol. The molecule has 0 atom stereocenters. The number of para-hydroxylation sites is 1. The minimum Gasteiger partial charge on any atom is -0.490 e. The normalized spacial score (nSPS) is 10.1. The highest BCUT2D eigenvalue weighted by molar-refractivity contribution is 9.10. The molecular weight excluding hydrogens is 320 g/mol. The number of hydrogen-bond acceptors (Lipinski definition) is 3. The molecule has 0 saturated carbocycles. The highest BCUT2D eigenvalue weighted by Crippen LogP contribution is 2.25. The number of nitrogens with two attached hydrogens (primary N) is 1. The van der Waals surface area contributed by atoms with Crippen LogP contribution in [-0.4, -0.2) is 19.0 Å². The zero-order valence-corrected chi connectivity index (χ0v) is 12.4. The molecule has 2 aromatic rings. The van der Waals surface area contributed by atoms with Crippen molar-refractivity contribution in [2.45, 2.75) is 0 Å². The molecule has 4 nitrogen and oxygen atoms in total. The lowest BCUT2D eigenvalue weighted by Gasteiger charge is -2.10. The summed E-state index contributed by atoms with van der Waals surface area (Å²) in [5, 5.41) is 7.36. The molecular formula is C15H15BrN2O2. The quantitative estimate of drug-likeness (QED) is 0.484. The van der Waals surface area contributed by atoms with Gasteiger partial charge in [0.15, 0.2) is 0 Å². The van der Waals surface area contributed by atoms with E-state index in [1.807, 2.05) is 30.3 Å². The van der Waals surface area contributed by atoms with E-state index in [0.29, 0.717) is 24.5 Å². The number of rotatable bonds is 6. The van der Waals surface area contributed by atoms with Crippen LogP contribution in [-0.2, 0) is 0 Å². The lowest BCUT2D eigenvalue weighted by atomic mass is 10.2. The molecule has 0 saturated heterocycles. The Labute approximate surface area is 126 Å². The van der Waals surface area contributed by atoms with Crippen molar-refractivity contribution < 1.29 is 9.47 Å². The first-order valence-corrected chi connectivity index (χ1v) is 6.90. The van der Waals surface area contributed by atoms with Gasteiger partial charge in [0.1, 0.15) is 30.5 Å². The summed E-state index contributed by atoms with van der Waals surface area (Å²) in [6.45, 7) is 0.901. The fraction of sp³-hybridized carbons (Fsp3) is 0.133. The Balaban J connectivity index is 1.84. The molecule has 3 N–H and O–H groups in total. The highest BCUT2D eigenvalue weighted by Gasteiger charge is 2.04. The maximum absolute atomic E-state index is 7.36. The van der Waals surface area contributed by atoms with Gasteiger partial charge in [-0.15, -0.1) is 0 Å². The van der Waals surface area contributed by atoms with Gasteiger partial charge in [0, 0.05) is 5.56 Å². The summed E-state index contributed by atoms with van der Waals surface area (Å²) in [6, 6.07) is 14.9. The van der Waals surface area contributed by atoms with E-state index in [4.69, 9.17) is 20.6 Å². The second-order valence-corrected chi connectivity index (χ2v) is 4.92. The van der Waals surface area contributed by atoms with E-state index in [1.165, 1.54) is 0 Å². The van der Waals surface area contributed by atoms with Gasteiger partial charge in [-0.3, -0.25) is 5.41 Å². The van der Waals surface area contributed by atoms with Gasteiger partial charge in [-0.25, -0.2) is 0 Å². The van der Waals surface area contributed by atoms with Crippen LogP contribution >= 0.6 is 15.9 Å². The standard InChI is InChI=1S/C15H15BrN2O2/c16-13-10-11(15(17)18)6-7-14(13)20-9-8-19-12-4-2-1-3-5-12/h1-7,10H,8-9H2,(H3,17,18). The summed E-state index contributed by atoms with van der Waals surface area (Å²) in [7, 11) is 0. The summed E-state index contributed by atoms with van der Waals surface area (Å²) in [6.07, 6.45) is 0. The minimum absolute atomic E-state index is 0.0321. The van der Waals surface area contributed by atoms with Crippen LogP contribution in [0.1, 0.15) is 5.56 Å². The molecule has 0 aliphatic heterocycles. The van der Waals surface area contributed by atoms with Gasteiger partial charge >= 0.3 is 0 Å². The Morgan fingerprint density at radius 2 is 1.75 bits per heavy atom. The van der Waals surface area contributed by atoms with Crippen molar-refractivity contribution in [2.75, 3.05) is 13.2 Å². The van der Waals surface area contributed by atoms with E-state index in [9.17, 15) is 0 Å². The van der Waals surface area contributed by atoms with E-state index in [0.717, 1.165) is 10.2 Å². The monoisotopic (exact) mass is 334 g/mol. The Morgan fingerprint density at radius 1 is 1.05 bits per heavy atom. The summed E-state index contributed by atoms with van der Waals surface area (Å²) in [5.41, 5.74) is 6.08. The van der Waals surface area contributed by atoms with Crippen LogP contribution < -0.4 is 15.2 Å². The van der Waals surface area contributed by atoms with Crippen molar-refractivity contribution in [3.05, 3.63) is 58.6 Å². The van der Waals surface area contributed by atoms with Gasteiger partial charge in [0.25, 0.3) is 0 Å². The Bertz CT molecular complexity index is 588. The SMILES string of the molecule is N=C(N)c1ccc(OCCOc2ccccc2)c(Br)c1. The molecule has 0 fully saturated rings. The lowest BCUT2D eigenvalue weighted by Crippen LogP contribution is -2.12. The smallest absolute Gasteiger partial charge is 0.133 e. The van der Waals surface area contributed by atoms with Crippen molar-refractivity contribution in [1.29, 1.82) is 5.41 Å². The highest BCUT2D eigenvalue weighted by atomic mass is 79.9. The molecule has 20 heavy (non-hydrogen) atoms. The maximum atomic E-state index is 7.36. The number of nitrogens with one attached hydrogen (secondary N) is 1. The predicted octanol–water partition coefficient (Wildman–Crippen LogP) is 3.19. The molecule has 0 aliphatic rings. The first-order chi connectivity index (χ1) is 9.66. The van der Waals surface area contributed by atoms with Crippen LogP contribution in [0.25, 0.3) is 0 Å². The summed E-state index contributed by atoms with van der Waals surface area (Å²) in [4.78, 5) is 0. The maximum Gasteiger partial charge on any atom is 0.133 e. The fourth-order valence-electron chi connectivity index (χ4n) is 1.61. The fourth-order valence-corrected chi connectivity index (χ4v) is 2.11.